The van der Waals surface area contributed by atoms with Crippen molar-refractivity contribution in [3.63, 3.8) is 0 Å². The lowest BCUT2D eigenvalue weighted by atomic mass is 9.93. The first-order valence-corrected chi connectivity index (χ1v) is 10.2. The van der Waals surface area contributed by atoms with Crippen molar-refractivity contribution in [1.82, 2.24) is 25.5 Å². The minimum absolute atomic E-state index is 0.123. The van der Waals surface area contributed by atoms with Gasteiger partial charge < -0.3 is 20.6 Å². The molecule has 1 aliphatic carbocycles. The Kier molecular flexibility index (Phi) is 7.65. The molecule has 0 spiro atoms. The molecule has 8 nitrogen and oxygen atoms in total. The van der Waals surface area contributed by atoms with Crippen LogP contribution in [0.5, 0.6) is 0 Å². The quantitative estimate of drug-likeness (QED) is 0.492. The Hall–Kier alpha value is -1.93. The molecule has 8 heteroatoms. The Balaban J connectivity index is 1.40. The van der Waals surface area contributed by atoms with Gasteiger partial charge >= 0.3 is 0 Å². The molecule has 1 saturated heterocycles. The van der Waals surface area contributed by atoms with Crippen molar-refractivity contribution in [1.29, 1.82) is 0 Å². The van der Waals surface area contributed by atoms with Crippen molar-refractivity contribution >= 4 is 11.9 Å². The van der Waals surface area contributed by atoms with E-state index in [2.05, 4.69) is 37.3 Å². The molecule has 0 atom stereocenters. The van der Waals surface area contributed by atoms with Gasteiger partial charge in [-0.25, -0.2) is 9.97 Å². The van der Waals surface area contributed by atoms with Crippen molar-refractivity contribution in [3.05, 3.63) is 18.5 Å². The van der Waals surface area contributed by atoms with Gasteiger partial charge in [0.25, 0.3) is 0 Å². The van der Waals surface area contributed by atoms with E-state index in [4.69, 9.17) is 4.99 Å². The van der Waals surface area contributed by atoms with Crippen LogP contribution in [0, 0.1) is 0 Å². The summed E-state index contributed by atoms with van der Waals surface area (Å²) in [5.74, 6) is 1.72. The Bertz CT molecular complexity index is 567. The number of aliphatic hydroxyl groups excluding tert-OH is 1. The number of rotatable bonds is 6. The van der Waals surface area contributed by atoms with Gasteiger partial charge in [0.1, 0.15) is 0 Å². The third-order valence-electron chi connectivity index (χ3n) is 5.28. The molecule has 0 aromatic carbocycles. The Morgan fingerprint density at radius 3 is 2.52 bits per heavy atom. The fourth-order valence-electron chi connectivity index (χ4n) is 3.66. The lowest BCUT2D eigenvalue weighted by molar-refractivity contribution is 0.120. The van der Waals surface area contributed by atoms with E-state index >= 15 is 0 Å². The molecule has 0 bridgehead atoms. The van der Waals surface area contributed by atoms with E-state index < -0.39 is 0 Å². The predicted octanol–water partition coefficient (Wildman–Crippen LogP) is 0.457. The van der Waals surface area contributed by atoms with Gasteiger partial charge in [-0.15, -0.1) is 0 Å². The molecule has 1 aromatic heterocycles. The Morgan fingerprint density at radius 1 is 1.15 bits per heavy atom. The first kappa shape index (κ1) is 19.8. The number of anilines is 1. The van der Waals surface area contributed by atoms with Gasteiger partial charge in [-0.2, -0.15) is 0 Å². The topological polar surface area (TPSA) is 88.9 Å². The lowest BCUT2D eigenvalue weighted by Crippen LogP contribution is -2.48. The molecule has 1 aromatic rings. The number of guanidine groups is 1. The van der Waals surface area contributed by atoms with Crippen LogP contribution in [0.4, 0.5) is 5.95 Å². The molecule has 1 saturated carbocycles. The summed E-state index contributed by atoms with van der Waals surface area (Å²) in [6.45, 7) is 8.63. The van der Waals surface area contributed by atoms with E-state index in [1.54, 1.807) is 12.4 Å². The van der Waals surface area contributed by atoms with Crippen LogP contribution in [0.1, 0.15) is 32.6 Å². The number of nitrogens with one attached hydrogen (secondary N) is 2. The van der Waals surface area contributed by atoms with Crippen LogP contribution in [0.3, 0.4) is 0 Å². The third kappa shape index (κ3) is 6.32. The van der Waals surface area contributed by atoms with Crippen molar-refractivity contribution in [2.75, 3.05) is 50.7 Å². The number of aliphatic imine (C=N–C) groups is 1. The van der Waals surface area contributed by atoms with Crippen molar-refractivity contribution in [2.45, 2.75) is 44.8 Å². The van der Waals surface area contributed by atoms with Crippen molar-refractivity contribution in [3.8, 4) is 0 Å². The molecule has 3 N–H and O–H groups in total. The van der Waals surface area contributed by atoms with E-state index in [9.17, 15) is 5.11 Å². The number of aliphatic hydroxyl groups is 1. The van der Waals surface area contributed by atoms with E-state index in [0.29, 0.717) is 6.04 Å². The van der Waals surface area contributed by atoms with E-state index in [1.165, 1.54) is 0 Å². The van der Waals surface area contributed by atoms with Gasteiger partial charge in [0.15, 0.2) is 5.96 Å². The molecule has 150 valence electrons. The summed E-state index contributed by atoms with van der Waals surface area (Å²) >= 11 is 0. The zero-order valence-electron chi connectivity index (χ0n) is 16.3. The predicted molar refractivity (Wildman–Crippen MR) is 108 cm³/mol. The SMILES string of the molecule is CCNC(=NCCN1CCN(c2ncccn2)CC1)NC1CCC(O)CC1. The van der Waals surface area contributed by atoms with Gasteiger partial charge in [0.05, 0.1) is 12.6 Å². The molecule has 2 fully saturated rings. The standard InChI is InChI=1S/C19H33N7O/c1-2-20-18(24-16-4-6-17(27)7-5-16)21-10-11-25-12-14-26(15-13-25)19-22-8-3-9-23-19/h3,8-9,16-17,27H,2,4-7,10-15H2,1H3,(H2,20,21,24). The number of aromatic nitrogens is 2. The summed E-state index contributed by atoms with van der Waals surface area (Å²) in [6.07, 6.45) is 7.25. The molecule has 3 rings (SSSR count). The van der Waals surface area contributed by atoms with Gasteiger partial charge in [-0.1, -0.05) is 0 Å². The maximum absolute atomic E-state index is 9.65. The van der Waals surface area contributed by atoms with Gasteiger partial charge in [-0.3, -0.25) is 9.89 Å². The molecular weight excluding hydrogens is 342 g/mol. The second-order valence-electron chi connectivity index (χ2n) is 7.29. The summed E-state index contributed by atoms with van der Waals surface area (Å²) in [5.41, 5.74) is 0. The van der Waals surface area contributed by atoms with Crippen molar-refractivity contribution < 1.29 is 5.11 Å². The highest BCUT2D eigenvalue weighted by atomic mass is 16.3. The van der Waals surface area contributed by atoms with Crippen LogP contribution in [0.25, 0.3) is 0 Å². The van der Waals surface area contributed by atoms with E-state index in [0.717, 1.165) is 83.4 Å². The molecule has 1 aliphatic heterocycles. The second-order valence-corrected chi connectivity index (χ2v) is 7.29. The number of hydrogen-bond donors (Lipinski definition) is 3. The van der Waals surface area contributed by atoms with E-state index in [-0.39, 0.29) is 6.10 Å². The Morgan fingerprint density at radius 2 is 1.85 bits per heavy atom. The molecule has 2 heterocycles. The molecule has 2 aliphatic rings. The summed E-state index contributed by atoms with van der Waals surface area (Å²) in [5, 5.41) is 16.5. The fourth-order valence-corrected chi connectivity index (χ4v) is 3.66. The van der Waals surface area contributed by atoms with Gasteiger partial charge in [0.2, 0.25) is 5.95 Å². The maximum Gasteiger partial charge on any atom is 0.225 e. The van der Waals surface area contributed by atoms with E-state index in [1.807, 2.05) is 6.07 Å². The van der Waals surface area contributed by atoms with Crippen LogP contribution in [-0.2, 0) is 0 Å². The van der Waals surface area contributed by atoms with Crippen LogP contribution >= 0.6 is 0 Å². The molecule has 0 amide bonds. The van der Waals surface area contributed by atoms with Crippen LogP contribution in [0.15, 0.2) is 23.5 Å². The van der Waals surface area contributed by atoms with Crippen molar-refractivity contribution in [2.24, 2.45) is 4.99 Å². The smallest absolute Gasteiger partial charge is 0.225 e. The highest BCUT2D eigenvalue weighted by molar-refractivity contribution is 5.80. The average Bonchev–Trinajstić information content (AvgIpc) is 2.71. The molecule has 0 unspecified atom stereocenters. The summed E-state index contributed by atoms with van der Waals surface area (Å²) in [4.78, 5) is 18.1. The Labute approximate surface area is 162 Å². The zero-order valence-corrected chi connectivity index (χ0v) is 16.3. The second kappa shape index (κ2) is 10.4. The van der Waals surface area contributed by atoms with Gasteiger partial charge in [-0.05, 0) is 38.7 Å². The summed E-state index contributed by atoms with van der Waals surface area (Å²) < 4.78 is 0. The highest BCUT2D eigenvalue weighted by Gasteiger charge is 2.20. The van der Waals surface area contributed by atoms with Crippen LogP contribution in [0.2, 0.25) is 0 Å². The lowest BCUT2D eigenvalue weighted by Gasteiger charge is -2.34. The molecule has 0 radical (unpaired) electrons. The van der Waals surface area contributed by atoms with Gasteiger partial charge in [0, 0.05) is 57.7 Å². The highest BCUT2D eigenvalue weighted by Crippen LogP contribution is 2.18. The summed E-state index contributed by atoms with van der Waals surface area (Å²) in [6, 6.07) is 2.27. The zero-order chi connectivity index (χ0) is 18.9. The third-order valence-corrected chi connectivity index (χ3v) is 5.28. The minimum atomic E-state index is -0.123. The monoisotopic (exact) mass is 375 g/mol. The minimum Gasteiger partial charge on any atom is -0.393 e. The average molecular weight is 376 g/mol. The molecular formula is C19H33N7O. The summed E-state index contributed by atoms with van der Waals surface area (Å²) in [7, 11) is 0. The first-order chi connectivity index (χ1) is 13.2. The van der Waals surface area contributed by atoms with Crippen LogP contribution < -0.4 is 15.5 Å². The number of piperazine rings is 1. The fraction of sp³-hybridized carbons (Fsp3) is 0.737. The van der Waals surface area contributed by atoms with Crippen LogP contribution in [-0.4, -0.2) is 83.9 Å². The maximum atomic E-state index is 9.65. The number of hydrogen-bond acceptors (Lipinski definition) is 6. The normalized spacial score (nSPS) is 24.7. The first-order valence-electron chi connectivity index (χ1n) is 10.2. The molecule has 27 heavy (non-hydrogen) atoms. The number of nitrogens with zero attached hydrogens (tertiary/aromatic N) is 5. The largest absolute Gasteiger partial charge is 0.393 e.